The molecule has 0 aromatic rings. The molecule has 19 heavy (non-hydrogen) atoms. The van der Waals surface area contributed by atoms with E-state index in [1.165, 1.54) is 21.3 Å². The summed E-state index contributed by atoms with van der Waals surface area (Å²) >= 11 is 0. The first-order valence-electron chi connectivity index (χ1n) is 6.28. The Kier molecular flexibility index (Phi) is 3.78. The van der Waals surface area contributed by atoms with Gasteiger partial charge in [-0.25, -0.2) is 0 Å². The third kappa shape index (κ3) is 2.09. The van der Waals surface area contributed by atoms with E-state index in [9.17, 15) is 14.4 Å². The van der Waals surface area contributed by atoms with E-state index in [-0.39, 0.29) is 23.7 Å². The van der Waals surface area contributed by atoms with E-state index in [0.29, 0.717) is 12.8 Å². The number of carbonyl (C=O) groups is 3. The van der Waals surface area contributed by atoms with Gasteiger partial charge in [0.2, 0.25) is 0 Å². The summed E-state index contributed by atoms with van der Waals surface area (Å²) in [6.07, 6.45) is 1.24. The normalized spacial score (nSPS) is 35.8. The molecule has 2 saturated carbocycles. The minimum Gasteiger partial charge on any atom is -0.469 e. The summed E-state index contributed by atoms with van der Waals surface area (Å²) in [4.78, 5) is 35.5. The summed E-state index contributed by atoms with van der Waals surface area (Å²) in [6.45, 7) is 0. The topological polar surface area (TPSA) is 78.9 Å². The minimum absolute atomic E-state index is 0.00866. The third-order valence-corrected chi connectivity index (χ3v) is 4.46. The highest BCUT2D eigenvalue weighted by Crippen LogP contribution is 2.56. The zero-order valence-corrected chi connectivity index (χ0v) is 11.3. The maximum absolute atomic E-state index is 11.9. The van der Waals surface area contributed by atoms with Gasteiger partial charge in [-0.1, -0.05) is 0 Å². The number of ether oxygens (including phenoxy) is 3. The SMILES string of the molecule is COC(=O)C1C(C(=O)OC)[C@H]2C[C@@H]1CC2C(=O)OC. The fourth-order valence-electron chi connectivity index (χ4n) is 3.72. The minimum atomic E-state index is -0.597. The van der Waals surface area contributed by atoms with Crippen molar-refractivity contribution >= 4 is 17.9 Å². The lowest BCUT2D eigenvalue weighted by atomic mass is 9.74. The maximum Gasteiger partial charge on any atom is 0.309 e. The number of methoxy groups -OCH3 is 3. The van der Waals surface area contributed by atoms with Gasteiger partial charge in [0.05, 0.1) is 39.1 Å². The van der Waals surface area contributed by atoms with Crippen LogP contribution in [0.2, 0.25) is 0 Å². The first-order chi connectivity index (χ1) is 9.04. The summed E-state index contributed by atoms with van der Waals surface area (Å²) in [5.41, 5.74) is 0. The van der Waals surface area contributed by atoms with Gasteiger partial charge in [0.1, 0.15) is 0 Å². The number of carbonyl (C=O) groups excluding carboxylic acids is 3. The van der Waals surface area contributed by atoms with Gasteiger partial charge in [0, 0.05) is 0 Å². The molecule has 0 aromatic heterocycles. The fourth-order valence-corrected chi connectivity index (χ4v) is 3.72. The van der Waals surface area contributed by atoms with Crippen molar-refractivity contribution in [2.24, 2.45) is 29.6 Å². The van der Waals surface area contributed by atoms with E-state index in [1.807, 2.05) is 0 Å². The van der Waals surface area contributed by atoms with Gasteiger partial charge < -0.3 is 14.2 Å². The Bertz CT molecular complexity index is 404. The molecule has 2 aliphatic rings. The molecule has 0 N–H and O–H groups in total. The van der Waals surface area contributed by atoms with Crippen LogP contribution in [0.1, 0.15) is 12.8 Å². The van der Waals surface area contributed by atoms with Crippen molar-refractivity contribution in [1.82, 2.24) is 0 Å². The Morgan fingerprint density at radius 1 is 0.789 bits per heavy atom. The Labute approximate surface area is 111 Å². The molecule has 0 amide bonds. The summed E-state index contributed by atoms with van der Waals surface area (Å²) in [7, 11) is 3.93. The lowest BCUT2D eigenvalue weighted by Crippen LogP contribution is -2.41. The molecule has 6 heteroatoms. The first-order valence-corrected chi connectivity index (χ1v) is 6.28. The van der Waals surface area contributed by atoms with Crippen molar-refractivity contribution < 1.29 is 28.6 Å². The van der Waals surface area contributed by atoms with E-state index in [2.05, 4.69) is 0 Å². The van der Waals surface area contributed by atoms with Crippen molar-refractivity contribution in [3.63, 3.8) is 0 Å². The van der Waals surface area contributed by atoms with Gasteiger partial charge in [0.25, 0.3) is 0 Å². The average Bonchev–Trinajstić information content (AvgIpc) is 3.02. The van der Waals surface area contributed by atoms with Crippen molar-refractivity contribution in [3.05, 3.63) is 0 Å². The van der Waals surface area contributed by atoms with Crippen LogP contribution in [0.15, 0.2) is 0 Å². The van der Waals surface area contributed by atoms with Crippen LogP contribution in [-0.2, 0) is 28.6 Å². The lowest BCUT2D eigenvalue weighted by molar-refractivity contribution is -0.164. The molecule has 2 rings (SSSR count). The predicted octanol–water partition coefficient (Wildman–Crippen LogP) is 0.394. The molecule has 2 bridgehead atoms. The molecule has 3 unspecified atom stereocenters. The summed E-state index contributed by atoms with van der Waals surface area (Å²) in [5.74, 6) is -2.77. The zero-order valence-electron chi connectivity index (χ0n) is 11.3. The van der Waals surface area contributed by atoms with Gasteiger partial charge in [-0.15, -0.1) is 0 Å². The smallest absolute Gasteiger partial charge is 0.309 e. The standard InChI is InChI=1S/C13H18O6/c1-17-11(14)8-5-6-4-7(8)10(13(16)19-3)9(6)12(15)18-2/h6-10H,4-5H2,1-3H3/t6-,7+,8?,9?,10?/m1/s1. The van der Waals surface area contributed by atoms with Crippen molar-refractivity contribution in [1.29, 1.82) is 0 Å². The molecule has 0 radical (unpaired) electrons. The number of hydrogen-bond acceptors (Lipinski definition) is 6. The predicted molar refractivity (Wildman–Crippen MR) is 62.7 cm³/mol. The van der Waals surface area contributed by atoms with Gasteiger partial charge in [-0.05, 0) is 24.7 Å². The number of rotatable bonds is 3. The molecule has 5 atom stereocenters. The highest BCUT2D eigenvalue weighted by molar-refractivity contribution is 5.85. The molecule has 2 aliphatic carbocycles. The number of hydrogen-bond donors (Lipinski definition) is 0. The molecule has 2 fully saturated rings. The van der Waals surface area contributed by atoms with Crippen molar-refractivity contribution in [2.75, 3.05) is 21.3 Å². The monoisotopic (exact) mass is 270 g/mol. The van der Waals surface area contributed by atoms with Gasteiger partial charge in [-0.2, -0.15) is 0 Å². The van der Waals surface area contributed by atoms with E-state index in [1.54, 1.807) is 0 Å². The molecule has 6 nitrogen and oxygen atoms in total. The fraction of sp³-hybridized carbons (Fsp3) is 0.769. The molecular formula is C13H18O6. The largest absolute Gasteiger partial charge is 0.469 e. The van der Waals surface area contributed by atoms with Crippen LogP contribution in [0.25, 0.3) is 0 Å². The Morgan fingerprint density at radius 2 is 1.32 bits per heavy atom. The van der Waals surface area contributed by atoms with Crippen LogP contribution < -0.4 is 0 Å². The second-order valence-corrected chi connectivity index (χ2v) is 5.12. The molecule has 106 valence electrons. The lowest BCUT2D eigenvalue weighted by Gasteiger charge is -2.31. The summed E-state index contributed by atoms with van der Waals surface area (Å²) < 4.78 is 14.3. The molecule has 0 saturated heterocycles. The van der Waals surface area contributed by atoms with Gasteiger partial charge >= 0.3 is 17.9 Å². The van der Waals surface area contributed by atoms with Crippen LogP contribution in [0.3, 0.4) is 0 Å². The van der Waals surface area contributed by atoms with Crippen LogP contribution in [0.5, 0.6) is 0 Å². The van der Waals surface area contributed by atoms with Crippen LogP contribution in [0, 0.1) is 29.6 Å². The first kappa shape index (κ1) is 13.8. The van der Waals surface area contributed by atoms with Crippen LogP contribution >= 0.6 is 0 Å². The molecule has 0 aromatic carbocycles. The highest BCUT2D eigenvalue weighted by atomic mass is 16.5. The third-order valence-electron chi connectivity index (χ3n) is 4.46. The highest BCUT2D eigenvalue weighted by Gasteiger charge is 2.60. The van der Waals surface area contributed by atoms with Crippen LogP contribution in [0.4, 0.5) is 0 Å². The summed E-state index contributed by atoms with van der Waals surface area (Å²) in [6, 6.07) is 0. The zero-order chi connectivity index (χ0) is 14.2. The van der Waals surface area contributed by atoms with E-state index < -0.39 is 23.8 Å². The quantitative estimate of drug-likeness (QED) is 0.545. The van der Waals surface area contributed by atoms with E-state index in [0.717, 1.165) is 0 Å². The summed E-state index contributed by atoms with van der Waals surface area (Å²) in [5, 5.41) is 0. The number of fused-ring (bicyclic) bond motifs is 2. The van der Waals surface area contributed by atoms with Gasteiger partial charge in [-0.3, -0.25) is 14.4 Å². The molecule has 0 aliphatic heterocycles. The second kappa shape index (κ2) is 5.19. The van der Waals surface area contributed by atoms with Gasteiger partial charge in [0.15, 0.2) is 0 Å². The molecule has 0 heterocycles. The average molecular weight is 270 g/mol. The van der Waals surface area contributed by atoms with Crippen LogP contribution in [-0.4, -0.2) is 39.2 Å². The molecule has 0 spiro atoms. The Hall–Kier alpha value is -1.59. The van der Waals surface area contributed by atoms with Crippen molar-refractivity contribution in [2.45, 2.75) is 12.8 Å². The van der Waals surface area contributed by atoms with E-state index >= 15 is 0 Å². The Morgan fingerprint density at radius 3 is 1.84 bits per heavy atom. The number of esters is 3. The molecular weight excluding hydrogens is 252 g/mol. The van der Waals surface area contributed by atoms with Crippen molar-refractivity contribution in [3.8, 4) is 0 Å². The Balaban J connectivity index is 2.26. The van der Waals surface area contributed by atoms with E-state index in [4.69, 9.17) is 14.2 Å². The maximum atomic E-state index is 11.9. The second-order valence-electron chi connectivity index (χ2n) is 5.12.